The second-order valence-corrected chi connectivity index (χ2v) is 8.03. The highest BCUT2D eigenvalue weighted by molar-refractivity contribution is 7.92. The summed E-state index contributed by atoms with van der Waals surface area (Å²) in [5.41, 5.74) is 6.91. The molecule has 1 aromatic rings. The monoisotopic (exact) mass is 299 g/mol. The van der Waals surface area contributed by atoms with Crippen LogP contribution in [0.3, 0.4) is 0 Å². The fourth-order valence-electron chi connectivity index (χ4n) is 1.91. The Labute approximate surface area is 122 Å². The molecule has 0 saturated heterocycles. The topological polar surface area (TPSA) is 69.4 Å². The van der Waals surface area contributed by atoms with E-state index in [2.05, 4.69) is 0 Å². The molecule has 0 radical (unpaired) electrons. The van der Waals surface area contributed by atoms with Crippen LogP contribution in [0, 0.1) is 5.92 Å². The first-order valence-corrected chi connectivity index (χ1v) is 8.60. The summed E-state index contributed by atoms with van der Waals surface area (Å²) in [6.45, 7) is 5.72. The average Bonchev–Trinajstić information content (AvgIpc) is 2.43. The van der Waals surface area contributed by atoms with Gasteiger partial charge in [-0.15, -0.1) is 0 Å². The van der Waals surface area contributed by atoms with Crippen molar-refractivity contribution in [3.05, 3.63) is 29.8 Å². The minimum Gasteiger partial charge on any atom is -0.497 e. The zero-order valence-electron chi connectivity index (χ0n) is 12.7. The Hall–Kier alpha value is -1.07. The SMILES string of the molecule is COc1ccc(C(N)C(C)S(=O)(=O)CCC(C)C)cc1. The van der Waals surface area contributed by atoms with Crippen LogP contribution in [-0.2, 0) is 9.84 Å². The molecule has 2 N–H and O–H groups in total. The third-order valence-electron chi connectivity index (χ3n) is 3.55. The molecule has 0 aromatic heterocycles. The van der Waals surface area contributed by atoms with E-state index in [1.807, 2.05) is 26.0 Å². The van der Waals surface area contributed by atoms with E-state index in [1.165, 1.54) is 0 Å². The Bertz CT molecular complexity index is 508. The van der Waals surface area contributed by atoms with Gasteiger partial charge in [0, 0.05) is 6.04 Å². The minimum atomic E-state index is -3.17. The second-order valence-electron chi connectivity index (χ2n) is 5.55. The Morgan fingerprint density at radius 3 is 2.15 bits per heavy atom. The van der Waals surface area contributed by atoms with Crippen LogP contribution in [-0.4, -0.2) is 26.5 Å². The predicted molar refractivity (Wildman–Crippen MR) is 82.6 cm³/mol. The summed E-state index contributed by atoms with van der Waals surface area (Å²) >= 11 is 0. The number of hydrogen-bond acceptors (Lipinski definition) is 4. The van der Waals surface area contributed by atoms with Crippen LogP contribution in [0.5, 0.6) is 5.75 Å². The highest BCUT2D eigenvalue weighted by atomic mass is 32.2. The zero-order chi connectivity index (χ0) is 15.3. The van der Waals surface area contributed by atoms with E-state index < -0.39 is 21.1 Å². The maximum atomic E-state index is 12.3. The van der Waals surface area contributed by atoms with E-state index in [0.717, 1.165) is 11.3 Å². The van der Waals surface area contributed by atoms with Gasteiger partial charge in [0.1, 0.15) is 5.75 Å². The molecule has 0 aliphatic heterocycles. The molecule has 1 aromatic carbocycles. The molecule has 114 valence electrons. The molecular weight excluding hydrogens is 274 g/mol. The van der Waals surface area contributed by atoms with Gasteiger partial charge in [0.2, 0.25) is 0 Å². The predicted octanol–water partition coefficient (Wildman–Crippen LogP) is 2.54. The summed E-state index contributed by atoms with van der Waals surface area (Å²) < 4.78 is 29.6. The van der Waals surface area contributed by atoms with Crippen LogP contribution in [0.4, 0.5) is 0 Å². The Morgan fingerprint density at radius 2 is 1.70 bits per heavy atom. The average molecular weight is 299 g/mol. The molecule has 4 nitrogen and oxygen atoms in total. The number of hydrogen-bond donors (Lipinski definition) is 1. The number of rotatable bonds is 7. The molecule has 0 spiro atoms. The smallest absolute Gasteiger partial charge is 0.154 e. The number of ether oxygens (including phenoxy) is 1. The minimum absolute atomic E-state index is 0.190. The molecule has 0 aliphatic carbocycles. The van der Waals surface area contributed by atoms with E-state index in [1.54, 1.807) is 26.2 Å². The van der Waals surface area contributed by atoms with Crippen LogP contribution in [0.1, 0.15) is 38.8 Å². The normalized spacial score (nSPS) is 15.1. The second kappa shape index (κ2) is 7.09. The van der Waals surface area contributed by atoms with Gasteiger partial charge in [-0.05, 0) is 37.0 Å². The Balaban J connectivity index is 2.81. The molecule has 1 rings (SSSR count). The van der Waals surface area contributed by atoms with Gasteiger partial charge in [-0.2, -0.15) is 0 Å². The summed E-state index contributed by atoms with van der Waals surface area (Å²) in [5, 5.41) is -0.588. The summed E-state index contributed by atoms with van der Waals surface area (Å²) in [4.78, 5) is 0. The molecule has 2 atom stereocenters. The number of methoxy groups -OCH3 is 1. The molecule has 0 heterocycles. The highest BCUT2D eigenvalue weighted by Crippen LogP contribution is 2.23. The van der Waals surface area contributed by atoms with E-state index in [4.69, 9.17) is 10.5 Å². The highest BCUT2D eigenvalue weighted by Gasteiger charge is 2.27. The number of nitrogens with two attached hydrogens (primary N) is 1. The Morgan fingerprint density at radius 1 is 1.15 bits per heavy atom. The third kappa shape index (κ3) is 4.49. The van der Waals surface area contributed by atoms with E-state index in [9.17, 15) is 8.42 Å². The van der Waals surface area contributed by atoms with Crippen molar-refractivity contribution in [2.75, 3.05) is 12.9 Å². The lowest BCUT2D eigenvalue weighted by Crippen LogP contribution is -2.33. The first-order valence-electron chi connectivity index (χ1n) is 6.89. The summed E-state index contributed by atoms with van der Waals surface area (Å²) in [6.07, 6.45) is 0.669. The van der Waals surface area contributed by atoms with Crippen molar-refractivity contribution in [1.82, 2.24) is 0 Å². The fourth-order valence-corrected chi connectivity index (χ4v) is 3.68. The number of benzene rings is 1. The molecule has 0 bridgehead atoms. The third-order valence-corrected chi connectivity index (χ3v) is 5.78. The van der Waals surface area contributed by atoms with Crippen molar-refractivity contribution in [3.63, 3.8) is 0 Å². The number of sulfone groups is 1. The largest absolute Gasteiger partial charge is 0.497 e. The maximum Gasteiger partial charge on any atom is 0.154 e. The van der Waals surface area contributed by atoms with Gasteiger partial charge >= 0.3 is 0 Å². The van der Waals surface area contributed by atoms with Crippen LogP contribution < -0.4 is 10.5 Å². The lowest BCUT2D eigenvalue weighted by Gasteiger charge is -2.21. The molecule has 0 saturated carbocycles. The van der Waals surface area contributed by atoms with Gasteiger partial charge in [0.05, 0.1) is 18.1 Å². The molecule has 2 unspecified atom stereocenters. The van der Waals surface area contributed by atoms with Crippen molar-refractivity contribution in [2.45, 2.75) is 38.5 Å². The van der Waals surface area contributed by atoms with E-state index in [-0.39, 0.29) is 5.75 Å². The first-order chi connectivity index (χ1) is 9.27. The Kier molecular flexibility index (Phi) is 6.02. The van der Waals surface area contributed by atoms with Crippen LogP contribution in [0.25, 0.3) is 0 Å². The summed E-state index contributed by atoms with van der Waals surface area (Å²) in [5.74, 6) is 1.29. The fraction of sp³-hybridized carbons (Fsp3) is 0.600. The van der Waals surface area contributed by atoms with Gasteiger partial charge in [0.15, 0.2) is 9.84 Å². The quantitative estimate of drug-likeness (QED) is 0.840. The van der Waals surface area contributed by atoms with Crippen molar-refractivity contribution < 1.29 is 13.2 Å². The van der Waals surface area contributed by atoms with E-state index in [0.29, 0.717) is 12.3 Å². The van der Waals surface area contributed by atoms with Crippen LogP contribution in [0.15, 0.2) is 24.3 Å². The van der Waals surface area contributed by atoms with E-state index >= 15 is 0 Å². The van der Waals surface area contributed by atoms with Gasteiger partial charge in [-0.1, -0.05) is 26.0 Å². The van der Waals surface area contributed by atoms with Crippen LogP contribution in [0.2, 0.25) is 0 Å². The molecule has 20 heavy (non-hydrogen) atoms. The van der Waals surface area contributed by atoms with Crippen LogP contribution >= 0.6 is 0 Å². The van der Waals surface area contributed by atoms with Crippen molar-refractivity contribution in [2.24, 2.45) is 11.7 Å². The lowest BCUT2D eigenvalue weighted by atomic mass is 10.1. The van der Waals surface area contributed by atoms with Gasteiger partial charge < -0.3 is 10.5 Å². The molecule has 0 fully saturated rings. The van der Waals surface area contributed by atoms with Gasteiger partial charge in [0.25, 0.3) is 0 Å². The summed E-state index contributed by atoms with van der Waals surface area (Å²) in [7, 11) is -1.58. The van der Waals surface area contributed by atoms with Crippen molar-refractivity contribution in [3.8, 4) is 5.75 Å². The van der Waals surface area contributed by atoms with Crippen molar-refractivity contribution >= 4 is 9.84 Å². The van der Waals surface area contributed by atoms with Crippen molar-refractivity contribution in [1.29, 1.82) is 0 Å². The molecule has 5 heteroatoms. The lowest BCUT2D eigenvalue weighted by molar-refractivity contribution is 0.414. The molecule has 0 amide bonds. The zero-order valence-corrected chi connectivity index (χ0v) is 13.5. The first kappa shape index (κ1) is 17.0. The maximum absolute atomic E-state index is 12.3. The summed E-state index contributed by atoms with van der Waals surface area (Å²) in [6, 6.07) is 6.71. The van der Waals surface area contributed by atoms with Gasteiger partial charge in [-0.3, -0.25) is 0 Å². The molecular formula is C15H25NO3S. The molecule has 0 aliphatic rings. The van der Waals surface area contributed by atoms with Gasteiger partial charge in [-0.25, -0.2) is 8.42 Å². The standard InChI is InChI=1S/C15H25NO3S/c1-11(2)9-10-20(17,18)12(3)15(16)13-5-7-14(19-4)8-6-13/h5-8,11-12,15H,9-10,16H2,1-4H3.